The van der Waals surface area contributed by atoms with Crippen LogP contribution in [0, 0.1) is 5.92 Å². The molecular weight excluding hydrogens is 312 g/mol. The summed E-state index contributed by atoms with van der Waals surface area (Å²) in [6.07, 6.45) is 4.64. The van der Waals surface area contributed by atoms with Crippen molar-refractivity contribution in [3.05, 3.63) is 10.6 Å². The summed E-state index contributed by atoms with van der Waals surface area (Å²) in [4.78, 5) is 18.2. The molecule has 0 spiro atoms. The standard InChI is InChI=1S/C16H24N4O2S/c21-16(15-14(13-3-4-13)17-18-23-15)20-5-1-2-12(11-20)10-19-6-8-22-9-7-19/h12-13H,1-11H2/t12-/m0/s1. The summed E-state index contributed by atoms with van der Waals surface area (Å²) < 4.78 is 9.45. The summed E-state index contributed by atoms with van der Waals surface area (Å²) in [5, 5.41) is 4.21. The van der Waals surface area contributed by atoms with Gasteiger partial charge in [-0.3, -0.25) is 9.69 Å². The van der Waals surface area contributed by atoms with Crippen LogP contribution in [0.3, 0.4) is 0 Å². The van der Waals surface area contributed by atoms with Crippen LogP contribution in [0.5, 0.6) is 0 Å². The third-order valence-corrected chi connectivity index (χ3v) is 5.83. The van der Waals surface area contributed by atoms with E-state index in [9.17, 15) is 4.79 Å². The fraction of sp³-hybridized carbons (Fsp3) is 0.812. The van der Waals surface area contributed by atoms with Crippen LogP contribution in [0.4, 0.5) is 0 Å². The Bertz CT molecular complexity index is 554. The minimum atomic E-state index is 0.161. The van der Waals surface area contributed by atoms with E-state index >= 15 is 0 Å². The van der Waals surface area contributed by atoms with Crippen LogP contribution >= 0.6 is 11.5 Å². The number of aromatic nitrogens is 2. The summed E-state index contributed by atoms with van der Waals surface area (Å²) in [7, 11) is 0. The zero-order valence-corrected chi connectivity index (χ0v) is 14.3. The van der Waals surface area contributed by atoms with E-state index in [1.807, 2.05) is 4.90 Å². The molecule has 0 bridgehead atoms. The highest BCUT2D eigenvalue weighted by atomic mass is 32.1. The van der Waals surface area contributed by atoms with Crippen LogP contribution in [-0.4, -0.2) is 71.2 Å². The van der Waals surface area contributed by atoms with Crippen LogP contribution < -0.4 is 0 Å². The first-order valence-corrected chi connectivity index (χ1v) is 9.50. The summed E-state index contributed by atoms with van der Waals surface area (Å²) in [6, 6.07) is 0. The molecule has 0 aromatic carbocycles. The first-order valence-electron chi connectivity index (χ1n) is 8.73. The Hall–Kier alpha value is -1.05. The quantitative estimate of drug-likeness (QED) is 0.836. The van der Waals surface area contributed by atoms with Crippen LogP contribution in [0.25, 0.3) is 0 Å². The monoisotopic (exact) mass is 336 g/mol. The van der Waals surface area contributed by atoms with E-state index in [4.69, 9.17) is 4.74 Å². The second-order valence-electron chi connectivity index (χ2n) is 6.93. The molecule has 6 nitrogen and oxygen atoms in total. The maximum absolute atomic E-state index is 12.9. The Morgan fingerprint density at radius 1 is 1.22 bits per heavy atom. The molecule has 0 radical (unpaired) electrons. The molecule has 3 fully saturated rings. The van der Waals surface area contributed by atoms with Gasteiger partial charge in [-0.05, 0) is 43.1 Å². The van der Waals surface area contributed by atoms with Crippen molar-refractivity contribution in [3.63, 3.8) is 0 Å². The number of carbonyl (C=O) groups excluding carboxylic acids is 1. The fourth-order valence-electron chi connectivity index (χ4n) is 3.66. The third-order valence-electron chi connectivity index (χ3n) is 5.10. The molecule has 23 heavy (non-hydrogen) atoms. The van der Waals surface area contributed by atoms with Crippen molar-refractivity contribution in [2.75, 3.05) is 45.9 Å². The lowest BCUT2D eigenvalue weighted by Crippen LogP contribution is -2.46. The lowest BCUT2D eigenvalue weighted by atomic mass is 9.97. The van der Waals surface area contributed by atoms with Crippen molar-refractivity contribution in [2.45, 2.75) is 31.6 Å². The van der Waals surface area contributed by atoms with Crippen LogP contribution in [-0.2, 0) is 4.74 Å². The number of rotatable bonds is 4. The summed E-state index contributed by atoms with van der Waals surface area (Å²) >= 11 is 1.28. The van der Waals surface area contributed by atoms with E-state index < -0.39 is 0 Å². The van der Waals surface area contributed by atoms with Gasteiger partial charge < -0.3 is 9.64 Å². The topological polar surface area (TPSA) is 58.6 Å². The largest absolute Gasteiger partial charge is 0.379 e. The molecule has 1 aliphatic carbocycles. The third kappa shape index (κ3) is 3.56. The molecule has 1 amide bonds. The zero-order chi connectivity index (χ0) is 15.6. The molecule has 4 rings (SSSR count). The van der Waals surface area contributed by atoms with Gasteiger partial charge >= 0.3 is 0 Å². The summed E-state index contributed by atoms with van der Waals surface area (Å²) in [5.74, 6) is 1.23. The number of morpholine rings is 1. The molecule has 126 valence electrons. The second kappa shape index (κ2) is 6.83. The molecule has 1 aromatic heterocycles. The van der Waals surface area contributed by atoms with E-state index in [2.05, 4.69) is 14.5 Å². The van der Waals surface area contributed by atoms with E-state index in [1.54, 1.807) is 0 Å². The first-order chi connectivity index (χ1) is 11.3. The number of carbonyl (C=O) groups is 1. The summed E-state index contributed by atoms with van der Waals surface area (Å²) in [6.45, 7) is 6.56. The predicted octanol–water partition coefficient (Wildman–Crippen LogP) is 1.60. The van der Waals surface area contributed by atoms with E-state index in [1.165, 1.54) is 18.0 Å². The van der Waals surface area contributed by atoms with E-state index in [-0.39, 0.29) is 5.91 Å². The Kier molecular flexibility index (Phi) is 4.59. The van der Waals surface area contributed by atoms with Crippen molar-refractivity contribution in [2.24, 2.45) is 5.92 Å². The van der Waals surface area contributed by atoms with Gasteiger partial charge in [0.15, 0.2) is 0 Å². The Labute approximate surface area is 141 Å². The van der Waals surface area contributed by atoms with Crippen LogP contribution in [0.1, 0.15) is 47.0 Å². The average molecular weight is 336 g/mol. The molecule has 1 saturated carbocycles. The Morgan fingerprint density at radius 2 is 2.04 bits per heavy atom. The fourth-order valence-corrected chi connectivity index (χ4v) is 4.38. The number of nitrogens with zero attached hydrogens (tertiary/aromatic N) is 4. The number of hydrogen-bond acceptors (Lipinski definition) is 6. The predicted molar refractivity (Wildman–Crippen MR) is 87.8 cm³/mol. The SMILES string of the molecule is O=C(c1snnc1C1CC1)N1CCC[C@@H](CN2CCOCC2)C1. The van der Waals surface area contributed by atoms with Gasteiger partial charge in [0.2, 0.25) is 0 Å². The van der Waals surface area contributed by atoms with Gasteiger partial charge in [0.1, 0.15) is 4.88 Å². The van der Waals surface area contributed by atoms with Gasteiger partial charge in [0.05, 0.1) is 18.9 Å². The highest BCUT2D eigenvalue weighted by Crippen LogP contribution is 2.41. The first kappa shape index (κ1) is 15.5. The minimum Gasteiger partial charge on any atom is -0.379 e. The van der Waals surface area contributed by atoms with Crippen LogP contribution in [0.2, 0.25) is 0 Å². The number of hydrogen-bond donors (Lipinski definition) is 0. The number of amides is 1. The molecule has 0 N–H and O–H groups in total. The molecule has 0 unspecified atom stereocenters. The molecule has 7 heteroatoms. The molecule has 1 atom stereocenters. The van der Waals surface area contributed by atoms with E-state index in [0.717, 1.165) is 75.8 Å². The second-order valence-corrected chi connectivity index (χ2v) is 7.69. The molecule has 3 heterocycles. The molecule has 2 saturated heterocycles. The molecule has 1 aromatic rings. The van der Waals surface area contributed by atoms with Gasteiger partial charge in [0.25, 0.3) is 5.91 Å². The lowest BCUT2D eigenvalue weighted by Gasteiger charge is -2.36. The highest BCUT2D eigenvalue weighted by Gasteiger charge is 2.34. The lowest BCUT2D eigenvalue weighted by molar-refractivity contribution is 0.0224. The number of ether oxygens (including phenoxy) is 1. The maximum Gasteiger partial charge on any atom is 0.267 e. The molecule has 3 aliphatic rings. The van der Waals surface area contributed by atoms with E-state index in [0.29, 0.717) is 11.8 Å². The van der Waals surface area contributed by atoms with Crippen molar-refractivity contribution in [3.8, 4) is 0 Å². The zero-order valence-electron chi connectivity index (χ0n) is 13.4. The van der Waals surface area contributed by atoms with Gasteiger partial charge in [-0.1, -0.05) is 4.49 Å². The number of piperidine rings is 1. The van der Waals surface area contributed by atoms with Gasteiger partial charge in [-0.25, -0.2) is 0 Å². The van der Waals surface area contributed by atoms with Gasteiger partial charge in [-0.2, -0.15) is 0 Å². The smallest absolute Gasteiger partial charge is 0.267 e. The average Bonchev–Trinajstić information content (AvgIpc) is 3.32. The number of likely N-dealkylation sites (tertiary alicyclic amines) is 1. The van der Waals surface area contributed by atoms with Crippen molar-refractivity contribution in [1.82, 2.24) is 19.4 Å². The molecule has 2 aliphatic heterocycles. The van der Waals surface area contributed by atoms with Gasteiger partial charge in [-0.15, -0.1) is 5.10 Å². The van der Waals surface area contributed by atoms with Crippen LogP contribution in [0.15, 0.2) is 0 Å². The highest BCUT2D eigenvalue weighted by molar-refractivity contribution is 7.08. The van der Waals surface area contributed by atoms with Crippen molar-refractivity contribution < 1.29 is 9.53 Å². The normalized spacial score (nSPS) is 26.4. The Morgan fingerprint density at radius 3 is 2.83 bits per heavy atom. The minimum absolute atomic E-state index is 0.161. The van der Waals surface area contributed by atoms with Crippen molar-refractivity contribution >= 4 is 17.4 Å². The summed E-state index contributed by atoms with van der Waals surface area (Å²) in [5.41, 5.74) is 0.954. The maximum atomic E-state index is 12.9. The Balaban J connectivity index is 1.38. The van der Waals surface area contributed by atoms with Crippen molar-refractivity contribution in [1.29, 1.82) is 0 Å². The molecular formula is C16H24N4O2S. The van der Waals surface area contributed by atoms with Gasteiger partial charge in [0, 0.05) is 38.6 Å².